The molecule has 1 aromatic carbocycles. The van der Waals surface area contributed by atoms with Crippen LogP contribution < -0.4 is 19.7 Å². The second-order valence-electron chi connectivity index (χ2n) is 5.89. The molecule has 0 aromatic heterocycles. The van der Waals surface area contributed by atoms with E-state index in [1.54, 1.807) is 26.4 Å². The minimum atomic E-state index is -0.841. The summed E-state index contributed by atoms with van der Waals surface area (Å²) in [6, 6.07) is 3.49. The molecule has 0 amide bonds. The number of hydrogen-bond donors (Lipinski definition) is 2. The third-order valence-corrected chi connectivity index (χ3v) is 3.99. The van der Waals surface area contributed by atoms with E-state index in [1.807, 2.05) is 0 Å². The first-order chi connectivity index (χ1) is 12.6. The molecule has 8 nitrogen and oxygen atoms in total. The van der Waals surface area contributed by atoms with E-state index in [0.29, 0.717) is 43.4 Å². The van der Waals surface area contributed by atoms with Gasteiger partial charge in [-0.1, -0.05) is 0 Å². The van der Waals surface area contributed by atoms with Crippen LogP contribution in [0, 0.1) is 0 Å². The third-order valence-electron chi connectivity index (χ3n) is 3.99. The van der Waals surface area contributed by atoms with E-state index < -0.39 is 5.97 Å². The van der Waals surface area contributed by atoms with Gasteiger partial charge in [0.1, 0.15) is 17.2 Å². The van der Waals surface area contributed by atoms with Crippen molar-refractivity contribution in [2.45, 2.75) is 44.9 Å². The van der Waals surface area contributed by atoms with E-state index in [9.17, 15) is 4.79 Å². The van der Waals surface area contributed by atoms with Crippen molar-refractivity contribution in [3.63, 3.8) is 0 Å². The largest absolute Gasteiger partial charge is 0.496 e. The molecular formula is C18H27NO7. The Kier molecular flexibility index (Phi) is 8.46. The first-order valence-corrected chi connectivity index (χ1v) is 8.73. The summed E-state index contributed by atoms with van der Waals surface area (Å²) in [6.07, 6.45) is 3.28. The number of nitrogens with one attached hydrogen (secondary N) is 1. The molecule has 0 bridgehead atoms. The zero-order valence-electron chi connectivity index (χ0n) is 15.3. The van der Waals surface area contributed by atoms with E-state index in [-0.39, 0.29) is 12.7 Å². The van der Waals surface area contributed by atoms with Crippen molar-refractivity contribution >= 4 is 5.97 Å². The van der Waals surface area contributed by atoms with E-state index in [0.717, 1.165) is 24.8 Å². The van der Waals surface area contributed by atoms with Gasteiger partial charge < -0.3 is 24.1 Å². The molecule has 26 heavy (non-hydrogen) atoms. The average molecular weight is 369 g/mol. The van der Waals surface area contributed by atoms with Gasteiger partial charge in [0.2, 0.25) is 0 Å². The molecule has 1 fully saturated rings. The van der Waals surface area contributed by atoms with Crippen LogP contribution in [-0.2, 0) is 20.9 Å². The van der Waals surface area contributed by atoms with Gasteiger partial charge in [-0.2, -0.15) is 5.48 Å². The van der Waals surface area contributed by atoms with Gasteiger partial charge >= 0.3 is 5.97 Å². The summed E-state index contributed by atoms with van der Waals surface area (Å²) >= 11 is 0. The summed E-state index contributed by atoms with van der Waals surface area (Å²) < 4.78 is 22.0. The number of benzene rings is 1. The highest BCUT2D eigenvalue weighted by Gasteiger charge is 2.17. The molecule has 1 aliphatic heterocycles. The Morgan fingerprint density at radius 3 is 2.58 bits per heavy atom. The lowest BCUT2D eigenvalue weighted by molar-refractivity contribution is -0.198. The average Bonchev–Trinajstić information content (AvgIpc) is 2.66. The summed E-state index contributed by atoms with van der Waals surface area (Å²) in [5.74, 6) is 0.910. The van der Waals surface area contributed by atoms with Crippen LogP contribution in [0.15, 0.2) is 12.1 Å². The fraction of sp³-hybridized carbons (Fsp3) is 0.611. The maximum atomic E-state index is 10.5. The number of methoxy groups -OCH3 is 2. The normalized spacial score (nSPS) is 16.9. The Bertz CT molecular complexity index is 548. The number of carboxylic acid groups (broad SMARTS) is 1. The van der Waals surface area contributed by atoms with Crippen molar-refractivity contribution in [3.05, 3.63) is 17.7 Å². The Hall–Kier alpha value is -2.03. The van der Waals surface area contributed by atoms with Crippen molar-refractivity contribution in [2.75, 3.05) is 27.4 Å². The van der Waals surface area contributed by atoms with Crippen molar-refractivity contribution < 1.29 is 33.7 Å². The fourth-order valence-electron chi connectivity index (χ4n) is 2.64. The Morgan fingerprint density at radius 2 is 2.00 bits per heavy atom. The minimum Gasteiger partial charge on any atom is -0.496 e. The lowest BCUT2D eigenvalue weighted by atomic mass is 10.1. The first-order valence-electron chi connectivity index (χ1n) is 8.73. The zero-order valence-corrected chi connectivity index (χ0v) is 15.3. The van der Waals surface area contributed by atoms with Crippen LogP contribution in [0.25, 0.3) is 0 Å². The third kappa shape index (κ3) is 6.36. The number of ether oxygens (including phenoxy) is 4. The van der Waals surface area contributed by atoms with Crippen molar-refractivity contribution in [3.8, 4) is 17.2 Å². The van der Waals surface area contributed by atoms with Gasteiger partial charge in [-0.15, -0.1) is 0 Å². The van der Waals surface area contributed by atoms with Crippen molar-refractivity contribution in [1.82, 2.24) is 5.48 Å². The van der Waals surface area contributed by atoms with Crippen LogP contribution in [0.3, 0.4) is 0 Å². The monoisotopic (exact) mass is 369 g/mol. The molecule has 0 spiro atoms. The number of hydrogen-bond acceptors (Lipinski definition) is 7. The quantitative estimate of drug-likeness (QED) is 0.454. The highest BCUT2D eigenvalue weighted by Crippen LogP contribution is 2.34. The Labute approximate surface area is 153 Å². The summed E-state index contributed by atoms with van der Waals surface area (Å²) in [5.41, 5.74) is 3.71. The predicted octanol–water partition coefficient (Wildman–Crippen LogP) is 2.50. The Morgan fingerprint density at radius 1 is 1.27 bits per heavy atom. The molecule has 146 valence electrons. The van der Waals surface area contributed by atoms with Crippen LogP contribution in [-0.4, -0.2) is 44.8 Å². The van der Waals surface area contributed by atoms with Crippen LogP contribution in [0.4, 0.5) is 0 Å². The predicted molar refractivity (Wildman–Crippen MR) is 93.4 cm³/mol. The molecule has 8 heteroatoms. The van der Waals surface area contributed by atoms with Crippen molar-refractivity contribution in [2.24, 2.45) is 0 Å². The second-order valence-corrected chi connectivity index (χ2v) is 5.89. The van der Waals surface area contributed by atoms with Gasteiger partial charge in [0.15, 0.2) is 6.29 Å². The first kappa shape index (κ1) is 20.3. The van der Waals surface area contributed by atoms with Gasteiger partial charge in [0.05, 0.1) is 32.9 Å². The van der Waals surface area contributed by atoms with Gasteiger partial charge in [0, 0.05) is 31.6 Å². The smallest absolute Gasteiger partial charge is 0.303 e. The maximum Gasteiger partial charge on any atom is 0.303 e. The van der Waals surface area contributed by atoms with Gasteiger partial charge in [0.25, 0.3) is 0 Å². The lowest BCUT2D eigenvalue weighted by Gasteiger charge is -2.23. The van der Waals surface area contributed by atoms with E-state index in [2.05, 4.69) is 5.48 Å². The Balaban J connectivity index is 1.94. The minimum absolute atomic E-state index is 0.0663. The zero-order chi connectivity index (χ0) is 18.8. The van der Waals surface area contributed by atoms with Crippen LogP contribution in [0.2, 0.25) is 0 Å². The van der Waals surface area contributed by atoms with Crippen LogP contribution in [0.5, 0.6) is 17.2 Å². The summed E-state index contributed by atoms with van der Waals surface area (Å²) in [5, 5.41) is 8.66. The number of hydroxylamine groups is 1. The number of aliphatic carboxylic acids is 1. The van der Waals surface area contributed by atoms with E-state index >= 15 is 0 Å². The number of carboxylic acids is 1. The molecule has 2 rings (SSSR count). The highest BCUT2D eigenvalue weighted by atomic mass is 16.8. The number of carbonyl (C=O) groups is 1. The molecular weight excluding hydrogens is 342 g/mol. The highest BCUT2D eigenvalue weighted by molar-refractivity contribution is 5.66. The molecule has 1 atom stereocenters. The van der Waals surface area contributed by atoms with Crippen molar-refractivity contribution in [1.29, 1.82) is 0 Å². The molecule has 0 aliphatic carbocycles. The second kappa shape index (κ2) is 10.8. The summed E-state index contributed by atoms with van der Waals surface area (Å²) in [7, 11) is 3.13. The molecule has 1 aliphatic rings. The molecule has 1 unspecified atom stereocenters. The molecule has 1 aromatic rings. The van der Waals surface area contributed by atoms with Gasteiger partial charge in [-0.05, 0) is 19.3 Å². The summed E-state index contributed by atoms with van der Waals surface area (Å²) in [4.78, 5) is 16.1. The summed E-state index contributed by atoms with van der Waals surface area (Å²) in [6.45, 7) is 1.40. The lowest BCUT2D eigenvalue weighted by Crippen LogP contribution is -2.29. The van der Waals surface area contributed by atoms with Gasteiger partial charge in [-0.3, -0.25) is 9.63 Å². The van der Waals surface area contributed by atoms with Gasteiger partial charge in [-0.25, -0.2) is 0 Å². The fourth-order valence-corrected chi connectivity index (χ4v) is 2.64. The SMILES string of the molecule is COc1cc(OCCCC(=O)O)cc(OC)c1CNOC1CCCCO1. The molecule has 1 heterocycles. The topological polar surface area (TPSA) is 95.5 Å². The number of rotatable bonds is 11. The molecule has 1 saturated heterocycles. The molecule has 2 N–H and O–H groups in total. The molecule has 0 radical (unpaired) electrons. The molecule has 0 saturated carbocycles. The standard InChI is InChI=1S/C18H27NO7/c1-22-15-10-13(24-9-5-6-17(20)21)11-16(23-2)14(15)12-19-26-18-7-3-4-8-25-18/h10-11,18-19H,3-9,12H2,1-2H3,(H,20,21). The van der Waals surface area contributed by atoms with E-state index in [4.69, 9.17) is 28.9 Å². The van der Waals surface area contributed by atoms with Crippen LogP contribution in [0.1, 0.15) is 37.7 Å². The van der Waals surface area contributed by atoms with E-state index in [1.165, 1.54) is 0 Å². The maximum absolute atomic E-state index is 10.5. The van der Waals surface area contributed by atoms with Crippen LogP contribution >= 0.6 is 0 Å².